The summed E-state index contributed by atoms with van der Waals surface area (Å²) >= 11 is 1.49. The molecule has 1 fully saturated rings. The zero-order valence-electron chi connectivity index (χ0n) is 9.36. The lowest BCUT2D eigenvalue weighted by Crippen LogP contribution is -2.18. The third-order valence-electron chi connectivity index (χ3n) is 3.22. The first-order valence-corrected chi connectivity index (χ1v) is 6.30. The molecule has 4 nitrogen and oxygen atoms in total. The fraction of sp³-hybridized carbons (Fsp3) is 0.333. The molecule has 17 heavy (non-hydrogen) atoms. The molecule has 2 aromatic heterocycles. The summed E-state index contributed by atoms with van der Waals surface area (Å²) in [6, 6.07) is 3.86. The molecule has 88 valence electrons. The maximum atomic E-state index is 11.3. The summed E-state index contributed by atoms with van der Waals surface area (Å²) in [6.07, 6.45) is 3.31. The summed E-state index contributed by atoms with van der Waals surface area (Å²) in [7, 11) is 0. The second-order valence-corrected chi connectivity index (χ2v) is 5.40. The van der Waals surface area contributed by atoms with E-state index >= 15 is 0 Å². The molecule has 1 saturated carbocycles. The topological polar surface area (TPSA) is 66.0 Å². The molecule has 5 heteroatoms. The molecule has 0 radical (unpaired) electrons. The molecule has 0 amide bonds. The van der Waals surface area contributed by atoms with Gasteiger partial charge in [0.05, 0.1) is 11.4 Å². The second kappa shape index (κ2) is 3.43. The molecule has 0 atom stereocenters. The Bertz CT molecular complexity index is 567. The van der Waals surface area contributed by atoms with Crippen LogP contribution in [0.5, 0.6) is 0 Å². The summed E-state index contributed by atoms with van der Waals surface area (Å²) in [5.41, 5.74) is 1.15. The van der Waals surface area contributed by atoms with Crippen molar-refractivity contribution in [3.05, 3.63) is 28.9 Å². The van der Waals surface area contributed by atoms with Crippen LogP contribution in [0.4, 0.5) is 0 Å². The lowest BCUT2D eigenvalue weighted by molar-refractivity contribution is -0.139. The summed E-state index contributed by atoms with van der Waals surface area (Å²) in [5.74, 6) is -0.720. The van der Waals surface area contributed by atoms with Crippen LogP contribution in [0.2, 0.25) is 0 Å². The Labute approximate surface area is 102 Å². The fourth-order valence-corrected chi connectivity index (χ4v) is 3.38. The molecule has 0 spiro atoms. The summed E-state index contributed by atoms with van der Waals surface area (Å²) in [4.78, 5) is 19.8. The van der Waals surface area contributed by atoms with Gasteiger partial charge in [0.15, 0.2) is 0 Å². The predicted molar refractivity (Wildman–Crippen MR) is 65.2 cm³/mol. The van der Waals surface area contributed by atoms with Crippen LogP contribution in [-0.2, 0) is 10.2 Å². The third-order valence-corrected chi connectivity index (χ3v) is 4.61. The molecule has 0 aliphatic heterocycles. The van der Waals surface area contributed by atoms with E-state index in [1.54, 1.807) is 0 Å². The van der Waals surface area contributed by atoms with Gasteiger partial charge in [-0.05, 0) is 31.9 Å². The number of aromatic nitrogens is 2. The van der Waals surface area contributed by atoms with Crippen molar-refractivity contribution in [1.82, 2.24) is 9.97 Å². The Hall–Kier alpha value is -1.62. The Morgan fingerprint density at radius 1 is 1.59 bits per heavy atom. The highest BCUT2D eigenvalue weighted by Crippen LogP contribution is 2.52. The number of aliphatic carboxylic acids is 1. The molecule has 1 aliphatic carbocycles. The first-order chi connectivity index (χ1) is 8.13. The van der Waals surface area contributed by atoms with Gasteiger partial charge in [-0.3, -0.25) is 4.79 Å². The van der Waals surface area contributed by atoms with Gasteiger partial charge in [0.1, 0.15) is 10.4 Å². The molecule has 0 saturated heterocycles. The number of carboxylic acid groups (broad SMARTS) is 1. The molecule has 0 bridgehead atoms. The smallest absolute Gasteiger partial charge is 0.315 e. The van der Waals surface area contributed by atoms with Crippen LogP contribution in [0, 0.1) is 6.92 Å². The van der Waals surface area contributed by atoms with E-state index in [1.165, 1.54) is 11.3 Å². The molecular formula is C12H12N2O2S. The first-order valence-electron chi connectivity index (χ1n) is 5.48. The molecule has 0 aromatic carbocycles. The average molecular weight is 248 g/mol. The Morgan fingerprint density at radius 3 is 2.88 bits per heavy atom. The normalized spacial score (nSPS) is 17.0. The van der Waals surface area contributed by atoms with E-state index in [4.69, 9.17) is 0 Å². The van der Waals surface area contributed by atoms with Gasteiger partial charge in [0, 0.05) is 11.1 Å². The molecule has 0 unspecified atom stereocenters. The van der Waals surface area contributed by atoms with Crippen molar-refractivity contribution in [2.75, 3.05) is 0 Å². The molecule has 2 aromatic rings. The van der Waals surface area contributed by atoms with Crippen LogP contribution in [-0.4, -0.2) is 21.0 Å². The number of H-pyrrole nitrogens is 1. The highest BCUT2D eigenvalue weighted by atomic mass is 32.1. The number of aromatic amines is 1. The molecule has 2 N–H and O–H groups in total. The van der Waals surface area contributed by atoms with Crippen LogP contribution in [0.3, 0.4) is 0 Å². The lowest BCUT2D eigenvalue weighted by Gasteiger charge is -2.06. The predicted octanol–water partition coefficient (Wildman–Crippen LogP) is 2.56. The minimum Gasteiger partial charge on any atom is -0.481 e. The molecular weight excluding hydrogens is 236 g/mol. The van der Waals surface area contributed by atoms with Crippen molar-refractivity contribution in [3.8, 4) is 10.7 Å². The lowest BCUT2D eigenvalue weighted by atomic mass is 10.0. The van der Waals surface area contributed by atoms with Crippen molar-refractivity contribution in [2.24, 2.45) is 0 Å². The average Bonchev–Trinajstić information content (AvgIpc) is 2.74. The van der Waals surface area contributed by atoms with Crippen molar-refractivity contribution >= 4 is 17.3 Å². The maximum absolute atomic E-state index is 11.3. The number of nitrogens with one attached hydrogen (secondary N) is 1. The van der Waals surface area contributed by atoms with Crippen LogP contribution < -0.4 is 0 Å². The molecule has 3 rings (SSSR count). The van der Waals surface area contributed by atoms with E-state index in [-0.39, 0.29) is 0 Å². The minimum absolute atomic E-state index is 0.646. The number of nitrogens with zero attached hydrogens (tertiary/aromatic N) is 1. The Morgan fingerprint density at radius 2 is 2.35 bits per heavy atom. The van der Waals surface area contributed by atoms with Gasteiger partial charge < -0.3 is 10.1 Å². The third kappa shape index (κ3) is 1.50. The summed E-state index contributed by atoms with van der Waals surface area (Å²) < 4.78 is 0. The number of carboxylic acids is 1. The summed E-state index contributed by atoms with van der Waals surface area (Å²) in [5, 5.41) is 10.2. The number of thiazole rings is 1. The van der Waals surface area contributed by atoms with E-state index in [2.05, 4.69) is 9.97 Å². The number of aryl methyl sites for hydroxylation is 1. The monoisotopic (exact) mass is 248 g/mol. The fourth-order valence-electron chi connectivity index (χ4n) is 2.08. The Balaban J connectivity index is 2.06. The molecule has 1 aliphatic rings. The number of carbonyl (C=O) groups is 1. The van der Waals surface area contributed by atoms with Crippen molar-refractivity contribution < 1.29 is 9.90 Å². The highest BCUT2D eigenvalue weighted by molar-refractivity contribution is 7.15. The SMILES string of the molecule is Cc1nc(-c2ccc[nH]2)sc1C1(C(=O)O)CC1. The van der Waals surface area contributed by atoms with Crippen LogP contribution >= 0.6 is 11.3 Å². The first kappa shape index (κ1) is 10.5. The highest BCUT2D eigenvalue weighted by Gasteiger charge is 2.54. The Kier molecular flexibility index (Phi) is 2.13. The quantitative estimate of drug-likeness (QED) is 0.877. The maximum Gasteiger partial charge on any atom is 0.315 e. The standard InChI is InChI=1S/C12H12N2O2S/c1-7-9(12(4-5-12)11(15)16)17-10(14-7)8-3-2-6-13-8/h2-3,6,13H,4-5H2,1H3,(H,15,16). The van der Waals surface area contributed by atoms with E-state index in [0.29, 0.717) is 0 Å². The van der Waals surface area contributed by atoms with Crippen LogP contribution in [0.1, 0.15) is 23.4 Å². The van der Waals surface area contributed by atoms with Crippen molar-refractivity contribution in [1.29, 1.82) is 0 Å². The van der Waals surface area contributed by atoms with Gasteiger partial charge in [-0.1, -0.05) is 0 Å². The van der Waals surface area contributed by atoms with Gasteiger partial charge in [-0.2, -0.15) is 0 Å². The van der Waals surface area contributed by atoms with Gasteiger partial charge in [0.25, 0.3) is 0 Å². The van der Waals surface area contributed by atoms with Gasteiger partial charge in [-0.25, -0.2) is 4.98 Å². The zero-order chi connectivity index (χ0) is 12.0. The van der Waals surface area contributed by atoms with Crippen LogP contribution in [0.25, 0.3) is 10.7 Å². The number of hydrogen-bond donors (Lipinski definition) is 2. The largest absolute Gasteiger partial charge is 0.481 e. The minimum atomic E-state index is -0.720. The van der Waals surface area contributed by atoms with Crippen molar-refractivity contribution in [3.63, 3.8) is 0 Å². The molecule has 2 heterocycles. The van der Waals surface area contributed by atoms with Gasteiger partial charge >= 0.3 is 5.97 Å². The van der Waals surface area contributed by atoms with E-state index in [1.807, 2.05) is 25.3 Å². The van der Waals surface area contributed by atoms with E-state index in [9.17, 15) is 9.90 Å². The second-order valence-electron chi connectivity index (χ2n) is 4.40. The van der Waals surface area contributed by atoms with Crippen LogP contribution in [0.15, 0.2) is 18.3 Å². The van der Waals surface area contributed by atoms with E-state index < -0.39 is 11.4 Å². The number of rotatable bonds is 3. The van der Waals surface area contributed by atoms with Gasteiger partial charge in [0.2, 0.25) is 0 Å². The zero-order valence-corrected chi connectivity index (χ0v) is 10.2. The van der Waals surface area contributed by atoms with Gasteiger partial charge in [-0.15, -0.1) is 11.3 Å². The van der Waals surface area contributed by atoms with E-state index in [0.717, 1.165) is 34.1 Å². The summed E-state index contributed by atoms with van der Waals surface area (Å²) in [6.45, 7) is 1.89. The number of hydrogen-bond acceptors (Lipinski definition) is 3. The van der Waals surface area contributed by atoms with Crippen molar-refractivity contribution in [2.45, 2.75) is 25.2 Å².